The number of nitrogens with one attached hydrogen (secondary N) is 1. The van der Waals surface area contributed by atoms with Crippen LogP contribution in [-0.2, 0) is 9.59 Å². The van der Waals surface area contributed by atoms with Crippen molar-refractivity contribution in [1.82, 2.24) is 9.88 Å². The molecule has 0 saturated carbocycles. The molecule has 3 aromatic rings. The van der Waals surface area contributed by atoms with Crippen molar-refractivity contribution in [2.45, 2.75) is 6.92 Å². The maximum Gasteiger partial charge on any atom is 0.277 e. The third kappa shape index (κ3) is 3.20. The van der Waals surface area contributed by atoms with E-state index in [0.29, 0.717) is 22.7 Å². The molecule has 136 valence electrons. The number of hydrogen-bond donors (Lipinski definition) is 2. The number of β-amino-alcohol motifs (C(OH)–C–C–N with tert-alkyl or cyclic N) is 1. The number of carbonyl (C=O) groups excluding carboxylic acids is 2. The van der Waals surface area contributed by atoms with E-state index < -0.39 is 11.8 Å². The van der Waals surface area contributed by atoms with E-state index >= 15 is 0 Å². The lowest BCUT2D eigenvalue weighted by molar-refractivity contribution is -0.137. The standard InChI is InChI=1S/C20H17N3O4/c1-12-3-2-4-13(9-12)19-22-15-6-5-14(10-17(15)27-19)21-16-11-18(25)23(7-8-24)20(16)26/h2-6,9-11,21,24H,7-8H2,1H3. The van der Waals surface area contributed by atoms with Gasteiger partial charge in [0.1, 0.15) is 11.2 Å². The summed E-state index contributed by atoms with van der Waals surface area (Å²) in [5, 5.41) is 11.9. The first-order valence-electron chi connectivity index (χ1n) is 8.48. The number of aliphatic hydroxyl groups is 1. The fourth-order valence-corrected chi connectivity index (χ4v) is 2.97. The van der Waals surface area contributed by atoms with E-state index in [1.165, 1.54) is 6.08 Å². The van der Waals surface area contributed by atoms with E-state index in [4.69, 9.17) is 9.52 Å². The van der Waals surface area contributed by atoms with E-state index in [9.17, 15) is 9.59 Å². The minimum absolute atomic E-state index is 0.0274. The number of carbonyl (C=O) groups is 2. The number of anilines is 1. The van der Waals surface area contributed by atoms with Crippen LogP contribution in [0.25, 0.3) is 22.6 Å². The van der Waals surface area contributed by atoms with E-state index in [1.54, 1.807) is 18.2 Å². The zero-order valence-corrected chi connectivity index (χ0v) is 14.6. The van der Waals surface area contributed by atoms with Crippen molar-refractivity contribution >= 4 is 28.6 Å². The van der Waals surface area contributed by atoms with Crippen LogP contribution in [0.3, 0.4) is 0 Å². The van der Waals surface area contributed by atoms with Gasteiger partial charge in [-0.15, -0.1) is 0 Å². The lowest BCUT2D eigenvalue weighted by atomic mass is 10.1. The maximum absolute atomic E-state index is 12.2. The Kier molecular flexibility index (Phi) is 4.21. The summed E-state index contributed by atoms with van der Waals surface area (Å²) in [4.78, 5) is 29.5. The highest BCUT2D eigenvalue weighted by molar-refractivity contribution is 6.17. The highest BCUT2D eigenvalue weighted by Gasteiger charge is 2.30. The van der Waals surface area contributed by atoms with Crippen molar-refractivity contribution in [3.05, 3.63) is 59.8 Å². The molecule has 0 saturated heterocycles. The number of imide groups is 1. The number of oxazole rings is 1. The number of amides is 2. The highest BCUT2D eigenvalue weighted by atomic mass is 16.3. The van der Waals surface area contributed by atoms with Gasteiger partial charge in [0.15, 0.2) is 5.58 Å². The average Bonchev–Trinajstić information content (AvgIpc) is 3.18. The lowest BCUT2D eigenvalue weighted by Crippen LogP contribution is -2.34. The zero-order chi connectivity index (χ0) is 19.0. The van der Waals surface area contributed by atoms with Crippen LogP contribution in [0.2, 0.25) is 0 Å². The Morgan fingerprint density at radius 3 is 2.81 bits per heavy atom. The summed E-state index contributed by atoms with van der Waals surface area (Å²) in [6.07, 6.45) is 1.22. The van der Waals surface area contributed by atoms with Gasteiger partial charge in [0.05, 0.1) is 13.2 Å². The molecule has 0 radical (unpaired) electrons. The Balaban J connectivity index is 1.60. The zero-order valence-electron chi connectivity index (χ0n) is 14.6. The maximum atomic E-state index is 12.2. The smallest absolute Gasteiger partial charge is 0.277 e. The molecule has 7 heteroatoms. The SMILES string of the molecule is Cc1cccc(-c2nc3ccc(NC4=CC(=O)N(CCO)C4=O)cc3o2)c1. The second-order valence-corrected chi connectivity index (χ2v) is 6.27. The molecule has 0 fully saturated rings. The molecule has 4 rings (SSSR count). The van der Waals surface area contributed by atoms with Gasteiger partial charge < -0.3 is 14.8 Å². The van der Waals surface area contributed by atoms with Gasteiger partial charge in [-0.3, -0.25) is 14.5 Å². The largest absolute Gasteiger partial charge is 0.436 e. The third-order valence-corrected chi connectivity index (χ3v) is 4.27. The molecule has 7 nitrogen and oxygen atoms in total. The minimum Gasteiger partial charge on any atom is -0.436 e. The predicted octanol–water partition coefficient (Wildman–Crippen LogP) is 2.46. The van der Waals surface area contributed by atoms with Gasteiger partial charge in [0, 0.05) is 23.4 Å². The van der Waals surface area contributed by atoms with E-state index in [-0.39, 0.29) is 18.8 Å². The van der Waals surface area contributed by atoms with E-state index in [2.05, 4.69) is 10.3 Å². The van der Waals surface area contributed by atoms with Crippen molar-refractivity contribution in [2.24, 2.45) is 0 Å². The van der Waals surface area contributed by atoms with Crippen molar-refractivity contribution in [2.75, 3.05) is 18.5 Å². The lowest BCUT2D eigenvalue weighted by Gasteiger charge is -2.13. The third-order valence-electron chi connectivity index (χ3n) is 4.27. The van der Waals surface area contributed by atoms with Crippen LogP contribution in [0.5, 0.6) is 0 Å². The molecule has 0 spiro atoms. The first-order chi connectivity index (χ1) is 13.0. The summed E-state index contributed by atoms with van der Waals surface area (Å²) < 4.78 is 5.86. The monoisotopic (exact) mass is 363 g/mol. The first kappa shape index (κ1) is 17.0. The fourth-order valence-electron chi connectivity index (χ4n) is 2.97. The van der Waals surface area contributed by atoms with E-state index in [0.717, 1.165) is 16.0 Å². The summed E-state index contributed by atoms with van der Waals surface area (Å²) in [7, 11) is 0. The number of rotatable bonds is 5. The highest BCUT2D eigenvalue weighted by Crippen LogP contribution is 2.27. The van der Waals surface area contributed by atoms with Gasteiger partial charge in [-0.25, -0.2) is 4.98 Å². The van der Waals surface area contributed by atoms with Crippen molar-refractivity contribution in [3.63, 3.8) is 0 Å². The molecule has 1 aliphatic heterocycles. The second-order valence-electron chi connectivity index (χ2n) is 6.27. The van der Waals surface area contributed by atoms with Gasteiger partial charge >= 0.3 is 0 Å². The normalized spacial score (nSPS) is 14.1. The summed E-state index contributed by atoms with van der Waals surface area (Å²) in [6.45, 7) is 1.70. The molecule has 1 aliphatic rings. The molecule has 2 N–H and O–H groups in total. The van der Waals surface area contributed by atoms with Gasteiger partial charge in [-0.1, -0.05) is 17.7 Å². The number of aliphatic hydroxyl groups excluding tert-OH is 1. The number of hydrogen-bond acceptors (Lipinski definition) is 6. The van der Waals surface area contributed by atoms with Crippen LogP contribution in [0.1, 0.15) is 5.56 Å². The summed E-state index contributed by atoms with van der Waals surface area (Å²) in [5.74, 6) is -0.391. The van der Waals surface area contributed by atoms with Crippen molar-refractivity contribution in [1.29, 1.82) is 0 Å². The Labute approximate surface area is 154 Å². The summed E-state index contributed by atoms with van der Waals surface area (Å²) in [5.41, 5.74) is 4.03. The van der Waals surface area contributed by atoms with Crippen molar-refractivity contribution < 1.29 is 19.1 Å². The molecule has 0 bridgehead atoms. The number of aromatic nitrogens is 1. The van der Waals surface area contributed by atoms with Gasteiger partial charge in [0.25, 0.3) is 11.8 Å². The Hall–Kier alpha value is -3.45. The number of fused-ring (bicyclic) bond motifs is 1. The Morgan fingerprint density at radius 2 is 2.04 bits per heavy atom. The molecule has 27 heavy (non-hydrogen) atoms. The number of aryl methyl sites for hydroxylation is 1. The molecule has 1 aromatic heterocycles. The molecule has 0 unspecified atom stereocenters. The summed E-state index contributed by atoms with van der Waals surface area (Å²) >= 11 is 0. The van der Waals surface area contributed by atoms with Crippen LogP contribution < -0.4 is 5.32 Å². The Bertz CT molecular complexity index is 1080. The fraction of sp³-hybridized carbons (Fsp3) is 0.150. The predicted molar refractivity (Wildman–Crippen MR) is 99.7 cm³/mol. The number of benzene rings is 2. The quantitative estimate of drug-likeness (QED) is 0.676. The molecule has 2 aromatic carbocycles. The van der Waals surface area contributed by atoms with Crippen LogP contribution in [0.15, 0.2) is 58.7 Å². The molecule has 0 atom stereocenters. The van der Waals surface area contributed by atoms with Crippen LogP contribution in [0, 0.1) is 6.92 Å². The Morgan fingerprint density at radius 1 is 1.19 bits per heavy atom. The van der Waals surface area contributed by atoms with E-state index in [1.807, 2.05) is 31.2 Å². The average molecular weight is 363 g/mol. The molecule has 0 aliphatic carbocycles. The van der Waals surface area contributed by atoms with Gasteiger partial charge in [-0.2, -0.15) is 0 Å². The number of nitrogens with zero attached hydrogens (tertiary/aromatic N) is 2. The van der Waals surface area contributed by atoms with Crippen LogP contribution in [0.4, 0.5) is 5.69 Å². The molecular weight excluding hydrogens is 346 g/mol. The molecule has 2 heterocycles. The van der Waals surface area contributed by atoms with Gasteiger partial charge in [0.2, 0.25) is 5.89 Å². The van der Waals surface area contributed by atoms with Crippen LogP contribution >= 0.6 is 0 Å². The second kappa shape index (κ2) is 6.69. The van der Waals surface area contributed by atoms with Crippen molar-refractivity contribution in [3.8, 4) is 11.5 Å². The molecule has 2 amide bonds. The van der Waals surface area contributed by atoms with Gasteiger partial charge in [-0.05, 0) is 31.2 Å². The van der Waals surface area contributed by atoms with Crippen LogP contribution in [-0.4, -0.2) is 40.0 Å². The topological polar surface area (TPSA) is 95.7 Å². The first-order valence-corrected chi connectivity index (χ1v) is 8.48. The molecular formula is C20H17N3O4. The summed E-state index contributed by atoms with van der Waals surface area (Å²) in [6, 6.07) is 13.1. The minimum atomic E-state index is -0.466.